The van der Waals surface area contributed by atoms with Crippen LogP contribution in [0.4, 0.5) is 11.4 Å². The van der Waals surface area contributed by atoms with E-state index in [2.05, 4.69) is 74.5 Å². The molecule has 1 aliphatic rings. The lowest BCUT2D eigenvalue weighted by molar-refractivity contribution is 1.26. The molecule has 0 fully saturated rings. The second kappa shape index (κ2) is 6.52. The lowest BCUT2D eigenvalue weighted by Gasteiger charge is -2.19. The molecule has 29 heavy (non-hydrogen) atoms. The van der Waals surface area contributed by atoms with Crippen molar-refractivity contribution in [2.45, 2.75) is 20.3 Å². The summed E-state index contributed by atoms with van der Waals surface area (Å²) in [4.78, 5) is 0. The van der Waals surface area contributed by atoms with E-state index in [9.17, 15) is 0 Å². The van der Waals surface area contributed by atoms with E-state index in [4.69, 9.17) is 11.5 Å². The van der Waals surface area contributed by atoms with Crippen molar-refractivity contribution in [1.29, 1.82) is 0 Å². The van der Waals surface area contributed by atoms with E-state index in [1.807, 2.05) is 12.1 Å². The van der Waals surface area contributed by atoms with Gasteiger partial charge in [-0.25, -0.2) is 0 Å². The third-order valence-corrected chi connectivity index (χ3v) is 6.05. The summed E-state index contributed by atoms with van der Waals surface area (Å²) in [6, 6.07) is 25.7. The average Bonchev–Trinajstić information content (AvgIpc) is 3.07. The van der Waals surface area contributed by atoms with Gasteiger partial charge in [0.1, 0.15) is 0 Å². The predicted molar refractivity (Wildman–Crippen MR) is 124 cm³/mol. The fourth-order valence-corrected chi connectivity index (χ4v) is 4.70. The van der Waals surface area contributed by atoms with Gasteiger partial charge in [-0.2, -0.15) is 0 Å². The minimum atomic E-state index is 0.796. The number of nitrogens with two attached hydrogens (primary N) is 2. The van der Waals surface area contributed by atoms with E-state index in [1.165, 1.54) is 55.6 Å². The van der Waals surface area contributed by atoms with Crippen molar-refractivity contribution in [2.75, 3.05) is 11.5 Å². The average molecular weight is 377 g/mol. The molecular weight excluding hydrogens is 352 g/mol. The third kappa shape index (κ3) is 2.80. The van der Waals surface area contributed by atoms with Crippen LogP contribution in [-0.2, 0) is 6.42 Å². The van der Waals surface area contributed by atoms with Crippen LogP contribution in [0.3, 0.4) is 0 Å². The van der Waals surface area contributed by atoms with Crippen LogP contribution in [-0.4, -0.2) is 0 Å². The first-order chi connectivity index (χ1) is 14.0. The van der Waals surface area contributed by atoms with E-state index in [-0.39, 0.29) is 0 Å². The highest BCUT2D eigenvalue weighted by molar-refractivity contribution is 5.95. The molecule has 0 aliphatic heterocycles. The zero-order chi connectivity index (χ0) is 20.1. The first kappa shape index (κ1) is 17.6. The number of hydrogen-bond donors (Lipinski definition) is 2. The number of fused-ring (bicyclic) bond motifs is 3. The Hall–Kier alpha value is -3.52. The fourth-order valence-electron chi connectivity index (χ4n) is 4.70. The van der Waals surface area contributed by atoms with E-state index < -0.39 is 0 Å². The maximum Gasteiger partial charge on any atom is 0.0317 e. The van der Waals surface area contributed by atoms with Crippen molar-refractivity contribution in [3.05, 3.63) is 95.1 Å². The van der Waals surface area contributed by atoms with Gasteiger partial charge in [0.2, 0.25) is 0 Å². The van der Waals surface area contributed by atoms with Gasteiger partial charge in [-0.15, -0.1) is 0 Å². The van der Waals surface area contributed by atoms with Crippen molar-refractivity contribution in [2.24, 2.45) is 0 Å². The van der Waals surface area contributed by atoms with Gasteiger partial charge in [0.25, 0.3) is 0 Å². The monoisotopic (exact) mass is 376 g/mol. The topological polar surface area (TPSA) is 52.0 Å². The van der Waals surface area contributed by atoms with Gasteiger partial charge in [0.15, 0.2) is 0 Å². The van der Waals surface area contributed by atoms with Crippen molar-refractivity contribution >= 4 is 11.4 Å². The Morgan fingerprint density at radius 3 is 1.86 bits per heavy atom. The van der Waals surface area contributed by atoms with Crippen LogP contribution < -0.4 is 11.5 Å². The molecule has 0 aromatic heterocycles. The van der Waals surface area contributed by atoms with Gasteiger partial charge >= 0.3 is 0 Å². The Kier molecular flexibility index (Phi) is 3.95. The maximum atomic E-state index is 6.06. The summed E-state index contributed by atoms with van der Waals surface area (Å²) in [5.41, 5.74) is 26.6. The van der Waals surface area contributed by atoms with Crippen LogP contribution in [0.2, 0.25) is 0 Å². The number of rotatable bonds is 2. The molecule has 2 nitrogen and oxygen atoms in total. The SMILES string of the molecule is Cc1cc(N)ccc1-c1ccc2c(c1-c1ccc(N)cc1C)Cc1ccccc1-2. The molecule has 0 saturated heterocycles. The number of hydrogen-bond acceptors (Lipinski definition) is 2. The molecule has 2 heteroatoms. The Labute approximate surface area is 171 Å². The lowest BCUT2D eigenvalue weighted by atomic mass is 9.85. The largest absolute Gasteiger partial charge is 0.399 e. The minimum absolute atomic E-state index is 0.796. The zero-order valence-corrected chi connectivity index (χ0v) is 16.8. The predicted octanol–water partition coefficient (Wildman–Crippen LogP) is 6.37. The van der Waals surface area contributed by atoms with Crippen LogP contribution in [0.25, 0.3) is 33.4 Å². The molecule has 0 unspecified atom stereocenters. The fraction of sp³-hybridized carbons (Fsp3) is 0.111. The number of benzene rings is 4. The highest BCUT2D eigenvalue weighted by Gasteiger charge is 2.25. The smallest absolute Gasteiger partial charge is 0.0317 e. The van der Waals surface area contributed by atoms with Gasteiger partial charge in [0, 0.05) is 11.4 Å². The molecule has 4 N–H and O–H groups in total. The Balaban J connectivity index is 1.84. The lowest BCUT2D eigenvalue weighted by Crippen LogP contribution is -1.97. The highest BCUT2D eigenvalue weighted by atomic mass is 14.5. The molecule has 0 bridgehead atoms. The normalized spacial score (nSPS) is 11.9. The standard InChI is InChI=1S/C27H24N2/c1-16-13-19(28)7-9-21(16)25-12-11-24-23-6-4-3-5-18(23)15-26(24)27(25)22-10-8-20(29)14-17(22)2/h3-14H,15,28-29H2,1-2H3. The summed E-state index contributed by atoms with van der Waals surface area (Å²) >= 11 is 0. The molecule has 0 saturated carbocycles. The molecule has 0 heterocycles. The third-order valence-electron chi connectivity index (χ3n) is 6.05. The summed E-state index contributed by atoms with van der Waals surface area (Å²) in [7, 11) is 0. The van der Waals surface area contributed by atoms with Crippen LogP contribution in [0.5, 0.6) is 0 Å². The van der Waals surface area contributed by atoms with Crippen molar-refractivity contribution in [1.82, 2.24) is 0 Å². The summed E-state index contributed by atoms with van der Waals surface area (Å²) in [5.74, 6) is 0. The number of aryl methyl sites for hydroxylation is 2. The quantitative estimate of drug-likeness (QED) is 0.352. The molecule has 142 valence electrons. The van der Waals surface area contributed by atoms with Gasteiger partial charge in [-0.3, -0.25) is 0 Å². The van der Waals surface area contributed by atoms with Gasteiger partial charge < -0.3 is 11.5 Å². The van der Waals surface area contributed by atoms with Crippen LogP contribution in [0, 0.1) is 13.8 Å². The second-order valence-electron chi connectivity index (χ2n) is 8.00. The molecule has 5 rings (SSSR count). The highest BCUT2D eigenvalue weighted by Crippen LogP contribution is 2.47. The first-order valence-electron chi connectivity index (χ1n) is 10.00. The van der Waals surface area contributed by atoms with Crippen molar-refractivity contribution in [3.63, 3.8) is 0 Å². The van der Waals surface area contributed by atoms with Gasteiger partial charge in [-0.1, -0.05) is 48.5 Å². The van der Waals surface area contributed by atoms with E-state index in [0.29, 0.717) is 0 Å². The van der Waals surface area contributed by atoms with E-state index in [1.54, 1.807) is 0 Å². The van der Waals surface area contributed by atoms with Gasteiger partial charge in [-0.05, 0) is 100 Å². The summed E-state index contributed by atoms with van der Waals surface area (Å²) < 4.78 is 0. The zero-order valence-electron chi connectivity index (χ0n) is 16.8. The molecule has 4 aromatic rings. The summed E-state index contributed by atoms with van der Waals surface area (Å²) in [6.07, 6.45) is 0.951. The van der Waals surface area contributed by atoms with Gasteiger partial charge in [0.05, 0.1) is 0 Å². The molecular formula is C27H24N2. The molecule has 0 atom stereocenters. The van der Waals surface area contributed by atoms with Crippen molar-refractivity contribution in [3.8, 4) is 33.4 Å². The number of nitrogen functional groups attached to an aromatic ring is 2. The Bertz CT molecular complexity index is 1270. The van der Waals surface area contributed by atoms with Crippen molar-refractivity contribution < 1.29 is 0 Å². The number of anilines is 2. The molecule has 1 aliphatic carbocycles. The minimum Gasteiger partial charge on any atom is -0.399 e. The Morgan fingerprint density at radius 1 is 0.586 bits per heavy atom. The Morgan fingerprint density at radius 2 is 1.17 bits per heavy atom. The first-order valence-corrected chi connectivity index (χ1v) is 10.00. The molecule has 0 radical (unpaired) electrons. The van der Waals surface area contributed by atoms with E-state index in [0.717, 1.165) is 17.8 Å². The summed E-state index contributed by atoms with van der Waals surface area (Å²) in [5, 5.41) is 0. The maximum absolute atomic E-state index is 6.06. The van der Waals surface area contributed by atoms with E-state index >= 15 is 0 Å². The van der Waals surface area contributed by atoms with Crippen LogP contribution in [0.15, 0.2) is 72.8 Å². The van der Waals surface area contributed by atoms with Crippen LogP contribution >= 0.6 is 0 Å². The second-order valence-corrected chi connectivity index (χ2v) is 8.00. The molecule has 0 amide bonds. The molecule has 4 aromatic carbocycles. The summed E-state index contributed by atoms with van der Waals surface area (Å²) in [6.45, 7) is 4.28. The van der Waals surface area contributed by atoms with Crippen LogP contribution in [0.1, 0.15) is 22.3 Å². The molecule has 0 spiro atoms.